The van der Waals surface area contributed by atoms with Crippen LogP contribution in [0.4, 0.5) is 4.39 Å². The fourth-order valence-electron chi connectivity index (χ4n) is 1.94. The normalized spacial score (nSPS) is 12.7. The van der Waals surface area contributed by atoms with Gasteiger partial charge in [0.25, 0.3) is 0 Å². The van der Waals surface area contributed by atoms with Crippen molar-refractivity contribution in [3.05, 3.63) is 34.6 Å². The molecule has 1 nitrogen and oxygen atoms in total. The third-order valence-electron chi connectivity index (χ3n) is 2.82. The van der Waals surface area contributed by atoms with E-state index in [-0.39, 0.29) is 10.8 Å². The van der Waals surface area contributed by atoms with Crippen LogP contribution in [0, 0.1) is 5.82 Å². The van der Waals surface area contributed by atoms with E-state index >= 15 is 0 Å². The lowest BCUT2D eigenvalue weighted by molar-refractivity contribution is 0.472. The van der Waals surface area contributed by atoms with Crippen LogP contribution in [0.1, 0.15) is 38.7 Å². The second-order valence-electron chi connectivity index (χ2n) is 4.36. The van der Waals surface area contributed by atoms with Crippen molar-refractivity contribution in [1.29, 1.82) is 0 Å². The summed E-state index contributed by atoms with van der Waals surface area (Å²) < 4.78 is 13.3. The Kier molecular flexibility index (Phi) is 6.53. The summed E-state index contributed by atoms with van der Waals surface area (Å²) in [6.07, 6.45) is 4.11. The maximum Gasteiger partial charge on any atom is 0.142 e. The molecule has 96 valence electrons. The van der Waals surface area contributed by atoms with Gasteiger partial charge in [0, 0.05) is 6.04 Å². The van der Waals surface area contributed by atoms with E-state index in [1.165, 1.54) is 6.07 Å². The topological polar surface area (TPSA) is 12.0 Å². The SMILES string of the molecule is CCCNC(CCC)Cc1cccc(F)c1Cl. The van der Waals surface area contributed by atoms with E-state index in [2.05, 4.69) is 19.2 Å². The van der Waals surface area contributed by atoms with Crippen LogP contribution in [-0.2, 0) is 6.42 Å². The first-order valence-electron chi connectivity index (χ1n) is 6.35. The van der Waals surface area contributed by atoms with Crippen LogP contribution in [0.15, 0.2) is 18.2 Å². The summed E-state index contributed by atoms with van der Waals surface area (Å²) in [4.78, 5) is 0. The lowest BCUT2D eigenvalue weighted by atomic mass is 10.0. The van der Waals surface area contributed by atoms with Crippen LogP contribution in [-0.4, -0.2) is 12.6 Å². The fourth-order valence-corrected chi connectivity index (χ4v) is 2.15. The van der Waals surface area contributed by atoms with Gasteiger partial charge in [-0.1, -0.05) is 44.0 Å². The molecule has 0 aliphatic heterocycles. The number of hydrogen-bond donors (Lipinski definition) is 1. The molecule has 0 saturated heterocycles. The fraction of sp³-hybridized carbons (Fsp3) is 0.571. The molecule has 1 aromatic rings. The Morgan fingerprint density at radius 1 is 1.29 bits per heavy atom. The monoisotopic (exact) mass is 257 g/mol. The zero-order chi connectivity index (χ0) is 12.7. The molecule has 1 rings (SSSR count). The number of hydrogen-bond acceptors (Lipinski definition) is 1. The van der Waals surface area contributed by atoms with Gasteiger partial charge in [0.05, 0.1) is 5.02 Å². The molecule has 0 heterocycles. The molecule has 0 saturated carbocycles. The molecule has 0 bridgehead atoms. The van der Waals surface area contributed by atoms with Gasteiger partial charge in [-0.25, -0.2) is 4.39 Å². The molecule has 1 N–H and O–H groups in total. The van der Waals surface area contributed by atoms with Crippen molar-refractivity contribution in [2.45, 2.75) is 45.6 Å². The highest BCUT2D eigenvalue weighted by Crippen LogP contribution is 2.21. The van der Waals surface area contributed by atoms with E-state index in [9.17, 15) is 4.39 Å². The highest BCUT2D eigenvalue weighted by molar-refractivity contribution is 6.31. The number of benzene rings is 1. The Bertz CT molecular complexity index is 341. The van der Waals surface area contributed by atoms with Crippen LogP contribution in [0.25, 0.3) is 0 Å². The summed E-state index contributed by atoms with van der Waals surface area (Å²) in [6, 6.07) is 5.42. The van der Waals surface area contributed by atoms with E-state index < -0.39 is 0 Å². The summed E-state index contributed by atoms with van der Waals surface area (Å²) in [5.74, 6) is -0.324. The molecule has 3 heteroatoms. The van der Waals surface area contributed by atoms with Gasteiger partial charge in [-0.15, -0.1) is 0 Å². The predicted octanol–water partition coefficient (Wildman–Crippen LogP) is 4.19. The summed E-state index contributed by atoms with van der Waals surface area (Å²) in [7, 11) is 0. The summed E-state index contributed by atoms with van der Waals surface area (Å²) in [6.45, 7) is 5.30. The standard InChI is InChI=1S/C14H21ClFN/c1-3-6-12(17-9-4-2)10-11-7-5-8-13(16)14(11)15/h5,7-8,12,17H,3-4,6,9-10H2,1-2H3. The van der Waals surface area contributed by atoms with E-state index in [0.717, 1.165) is 37.8 Å². The molecule has 0 amide bonds. The minimum atomic E-state index is -0.324. The molecular weight excluding hydrogens is 237 g/mol. The highest BCUT2D eigenvalue weighted by Gasteiger charge is 2.12. The van der Waals surface area contributed by atoms with E-state index in [1.807, 2.05) is 6.07 Å². The first-order valence-corrected chi connectivity index (χ1v) is 6.73. The van der Waals surface area contributed by atoms with Crippen molar-refractivity contribution in [1.82, 2.24) is 5.32 Å². The maximum atomic E-state index is 13.3. The average Bonchev–Trinajstić information content (AvgIpc) is 2.32. The number of nitrogens with one attached hydrogen (secondary N) is 1. The van der Waals surface area contributed by atoms with Crippen LogP contribution >= 0.6 is 11.6 Å². The summed E-state index contributed by atoms with van der Waals surface area (Å²) in [5.41, 5.74) is 0.897. The smallest absolute Gasteiger partial charge is 0.142 e. The highest BCUT2D eigenvalue weighted by atomic mass is 35.5. The minimum Gasteiger partial charge on any atom is -0.314 e. The second-order valence-corrected chi connectivity index (χ2v) is 4.73. The maximum absolute atomic E-state index is 13.3. The van der Waals surface area contributed by atoms with Crippen molar-refractivity contribution in [3.8, 4) is 0 Å². The Balaban J connectivity index is 2.67. The molecular formula is C14H21ClFN. The lowest BCUT2D eigenvalue weighted by Crippen LogP contribution is -2.31. The Morgan fingerprint density at radius 3 is 2.71 bits per heavy atom. The van der Waals surface area contributed by atoms with Crippen LogP contribution in [0.5, 0.6) is 0 Å². The molecule has 1 atom stereocenters. The molecule has 0 fully saturated rings. The van der Waals surface area contributed by atoms with E-state index in [4.69, 9.17) is 11.6 Å². The van der Waals surface area contributed by atoms with Gasteiger partial charge in [-0.3, -0.25) is 0 Å². The van der Waals surface area contributed by atoms with Gasteiger partial charge in [-0.05, 0) is 37.4 Å². The predicted molar refractivity (Wildman–Crippen MR) is 72.1 cm³/mol. The van der Waals surface area contributed by atoms with Gasteiger partial charge in [0.15, 0.2) is 0 Å². The quantitative estimate of drug-likeness (QED) is 0.772. The number of halogens is 2. The number of rotatable bonds is 7. The van der Waals surface area contributed by atoms with Crippen molar-refractivity contribution in [3.63, 3.8) is 0 Å². The molecule has 17 heavy (non-hydrogen) atoms. The van der Waals surface area contributed by atoms with Crippen molar-refractivity contribution >= 4 is 11.6 Å². The average molecular weight is 258 g/mol. The Labute approximate surface area is 108 Å². The molecule has 1 aromatic carbocycles. The van der Waals surface area contributed by atoms with Crippen molar-refractivity contribution in [2.75, 3.05) is 6.54 Å². The van der Waals surface area contributed by atoms with Gasteiger partial charge in [-0.2, -0.15) is 0 Å². The van der Waals surface area contributed by atoms with Crippen LogP contribution in [0.2, 0.25) is 5.02 Å². The van der Waals surface area contributed by atoms with Crippen LogP contribution in [0.3, 0.4) is 0 Å². The molecule has 0 aliphatic rings. The van der Waals surface area contributed by atoms with E-state index in [1.54, 1.807) is 6.07 Å². The van der Waals surface area contributed by atoms with Gasteiger partial charge in [0.1, 0.15) is 5.82 Å². The van der Waals surface area contributed by atoms with Gasteiger partial charge >= 0.3 is 0 Å². The third kappa shape index (κ3) is 4.64. The molecule has 1 unspecified atom stereocenters. The third-order valence-corrected chi connectivity index (χ3v) is 3.24. The molecule has 0 radical (unpaired) electrons. The minimum absolute atomic E-state index is 0.270. The second kappa shape index (κ2) is 7.67. The van der Waals surface area contributed by atoms with Crippen LogP contribution < -0.4 is 5.32 Å². The first-order chi connectivity index (χ1) is 8.19. The Morgan fingerprint density at radius 2 is 2.06 bits per heavy atom. The van der Waals surface area contributed by atoms with Crippen molar-refractivity contribution in [2.24, 2.45) is 0 Å². The van der Waals surface area contributed by atoms with Gasteiger partial charge in [0.2, 0.25) is 0 Å². The largest absolute Gasteiger partial charge is 0.314 e. The molecule has 0 spiro atoms. The molecule has 0 aromatic heterocycles. The summed E-state index contributed by atoms with van der Waals surface area (Å²) >= 11 is 5.97. The van der Waals surface area contributed by atoms with Gasteiger partial charge < -0.3 is 5.32 Å². The molecule has 0 aliphatic carbocycles. The van der Waals surface area contributed by atoms with E-state index in [0.29, 0.717) is 6.04 Å². The first kappa shape index (κ1) is 14.5. The zero-order valence-electron chi connectivity index (χ0n) is 10.6. The van der Waals surface area contributed by atoms with Crippen molar-refractivity contribution < 1.29 is 4.39 Å². The lowest BCUT2D eigenvalue weighted by Gasteiger charge is -2.18. The summed E-state index contributed by atoms with van der Waals surface area (Å²) in [5, 5.41) is 3.75. The zero-order valence-corrected chi connectivity index (χ0v) is 11.4. The Hall–Kier alpha value is -0.600.